The van der Waals surface area contributed by atoms with Crippen molar-refractivity contribution in [3.05, 3.63) is 47.0 Å². The van der Waals surface area contributed by atoms with Crippen LogP contribution in [0.2, 0.25) is 0 Å². The van der Waals surface area contributed by atoms with Crippen LogP contribution in [0, 0.1) is 12.1 Å². The third kappa shape index (κ3) is 2.62. The van der Waals surface area contributed by atoms with E-state index in [1.807, 2.05) is 24.8 Å². The summed E-state index contributed by atoms with van der Waals surface area (Å²) in [6.45, 7) is 6.36. The number of rotatable bonds is 1. The summed E-state index contributed by atoms with van der Waals surface area (Å²) >= 11 is 1.90. The van der Waals surface area contributed by atoms with Gasteiger partial charge >= 0.3 is 0 Å². The van der Waals surface area contributed by atoms with E-state index in [4.69, 9.17) is 0 Å². The standard InChI is InChI=1S/C16H18OS/c1-4-13-9-12(3)18-10-11(2)14-7-5-6-8-15(14)16(13)17/h6,8-9,11-12H,4,10H2,1-3H3/b13-9+. The number of fused-ring (bicyclic) bond motifs is 1. The van der Waals surface area contributed by atoms with Crippen LogP contribution >= 0.6 is 11.8 Å². The van der Waals surface area contributed by atoms with Crippen molar-refractivity contribution in [1.29, 1.82) is 0 Å². The van der Waals surface area contributed by atoms with E-state index in [2.05, 4.69) is 32.1 Å². The molecular weight excluding hydrogens is 240 g/mol. The Balaban J connectivity index is 2.51. The Hall–Kier alpha value is -1.20. The molecule has 1 nitrogen and oxygen atoms in total. The van der Waals surface area contributed by atoms with Crippen LogP contribution in [0.3, 0.4) is 0 Å². The molecule has 94 valence electrons. The first-order valence-corrected chi connectivity index (χ1v) is 7.47. The van der Waals surface area contributed by atoms with E-state index >= 15 is 0 Å². The summed E-state index contributed by atoms with van der Waals surface area (Å²) in [5, 5.41) is 0.393. The van der Waals surface area contributed by atoms with E-state index in [9.17, 15) is 4.79 Å². The summed E-state index contributed by atoms with van der Waals surface area (Å²) in [5.41, 5.74) is 2.75. The average Bonchev–Trinajstić information content (AvgIpc) is 2.44. The van der Waals surface area contributed by atoms with E-state index in [0.29, 0.717) is 11.2 Å². The lowest BCUT2D eigenvalue weighted by Crippen LogP contribution is -2.08. The zero-order chi connectivity index (χ0) is 13.1. The first kappa shape index (κ1) is 13.2. The summed E-state index contributed by atoms with van der Waals surface area (Å²) in [5.74, 6) is 1.53. The van der Waals surface area contributed by atoms with Crippen molar-refractivity contribution in [3.8, 4) is 0 Å². The highest BCUT2D eigenvalue weighted by molar-refractivity contribution is 8.00. The first-order valence-electron chi connectivity index (χ1n) is 6.42. The van der Waals surface area contributed by atoms with E-state index in [0.717, 1.165) is 28.9 Å². The maximum absolute atomic E-state index is 12.6. The largest absolute Gasteiger partial charge is 0.289 e. The maximum Gasteiger partial charge on any atom is 0.189 e. The van der Waals surface area contributed by atoms with Gasteiger partial charge in [-0.25, -0.2) is 0 Å². The van der Waals surface area contributed by atoms with Crippen LogP contribution in [0.25, 0.3) is 0 Å². The Morgan fingerprint density at radius 3 is 2.94 bits per heavy atom. The minimum Gasteiger partial charge on any atom is -0.289 e. The third-order valence-corrected chi connectivity index (χ3v) is 4.64. The summed E-state index contributed by atoms with van der Waals surface area (Å²) < 4.78 is 0. The second-order valence-corrected chi connectivity index (χ2v) is 6.15. The van der Waals surface area contributed by atoms with Crippen molar-refractivity contribution >= 4 is 17.5 Å². The summed E-state index contributed by atoms with van der Waals surface area (Å²) in [7, 11) is 0. The van der Waals surface area contributed by atoms with Crippen molar-refractivity contribution in [2.75, 3.05) is 5.75 Å². The van der Waals surface area contributed by atoms with Crippen molar-refractivity contribution in [1.82, 2.24) is 0 Å². The molecule has 2 rings (SSSR count). The molecule has 0 radical (unpaired) electrons. The van der Waals surface area contributed by atoms with E-state index in [1.54, 1.807) is 6.07 Å². The lowest BCUT2D eigenvalue weighted by Gasteiger charge is -2.12. The monoisotopic (exact) mass is 258 g/mol. The second-order valence-electron chi connectivity index (χ2n) is 4.74. The summed E-state index contributed by atoms with van der Waals surface area (Å²) in [6.07, 6.45) is 2.90. The van der Waals surface area contributed by atoms with Crippen LogP contribution in [0.5, 0.6) is 0 Å². The molecule has 0 bridgehead atoms. The van der Waals surface area contributed by atoms with Crippen molar-refractivity contribution < 1.29 is 4.79 Å². The smallest absolute Gasteiger partial charge is 0.189 e. The van der Waals surface area contributed by atoms with E-state index in [-0.39, 0.29) is 5.78 Å². The van der Waals surface area contributed by atoms with Gasteiger partial charge in [0.1, 0.15) is 0 Å². The Bertz CT molecular complexity index is 476. The quantitative estimate of drug-likeness (QED) is 0.756. The van der Waals surface area contributed by atoms with Crippen molar-refractivity contribution in [2.45, 2.75) is 38.4 Å². The molecule has 0 fully saturated rings. The highest BCUT2D eigenvalue weighted by Crippen LogP contribution is 2.29. The number of thioether (sulfide) groups is 1. The lowest BCUT2D eigenvalue weighted by molar-refractivity contribution is 0.103. The molecule has 0 amide bonds. The molecule has 2 atom stereocenters. The zero-order valence-electron chi connectivity index (χ0n) is 11.1. The molecule has 18 heavy (non-hydrogen) atoms. The van der Waals surface area contributed by atoms with Crippen molar-refractivity contribution in [3.63, 3.8) is 0 Å². The van der Waals surface area contributed by atoms with Gasteiger partial charge < -0.3 is 0 Å². The first-order chi connectivity index (χ1) is 8.63. The number of carbonyl (C=O) groups excluding carboxylic acids is 1. The molecule has 1 aromatic carbocycles. The molecule has 0 N–H and O–H groups in total. The molecule has 2 heteroatoms. The van der Waals surface area contributed by atoms with E-state index in [1.165, 1.54) is 0 Å². The minimum absolute atomic E-state index is 0.166. The lowest BCUT2D eigenvalue weighted by atomic mass is 9.92. The zero-order valence-corrected chi connectivity index (χ0v) is 11.9. The molecule has 0 saturated carbocycles. The number of allylic oxidation sites excluding steroid dienone is 1. The van der Waals surface area contributed by atoms with Gasteiger partial charge in [-0.1, -0.05) is 32.1 Å². The normalized spacial score (nSPS) is 27.1. The molecule has 2 unspecified atom stereocenters. The van der Waals surface area contributed by atoms with Gasteiger partial charge in [-0.3, -0.25) is 4.79 Å². The molecule has 0 aliphatic carbocycles. The minimum atomic E-state index is 0.166. The van der Waals surface area contributed by atoms with Gasteiger partial charge in [-0.05, 0) is 37.0 Å². The number of Topliss-reactive ketones (excluding diaryl/α,β-unsaturated/α-hetero) is 1. The molecule has 1 heterocycles. The highest BCUT2D eigenvalue weighted by Gasteiger charge is 2.21. The molecule has 0 spiro atoms. The predicted molar refractivity (Wildman–Crippen MR) is 77.2 cm³/mol. The van der Waals surface area contributed by atoms with Gasteiger partial charge in [0, 0.05) is 22.1 Å². The number of ketones is 1. The van der Waals surface area contributed by atoms with Crippen molar-refractivity contribution in [2.24, 2.45) is 0 Å². The molecule has 1 aliphatic rings. The van der Waals surface area contributed by atoms with Crippen LogP contribution < -0.4 is 0 Å². The van der Waals surface area contributed by atoms with Crippen LogP contribution in [0.4, 0.5) is 0 Å². The Labute approximate surface area is 114 Å². The fourth-order valence-corrected chi connectivity index (χ4v) is 3.25. The fraction of sp³-hybridized carbons (Fsp3) is 0.438. The molecule has 1 aliphatic heterocycles. The third-order valence-electron chi connectivity index (χ3n) is 3.29. The Kier molecular flexibility index (Phi) is 4.14. The van der Waals surface area contributed by atoms with Gasteiger partial charge in [0.05, 0.1) is 0 Å². The van der Waals surface area contributed by atoms with Crippen LogP contribution in [0.1, 0.15) is 49.0 Å². The van der Waals surface area contributed by atoms with Gasteiger partial charge in [0.2, 0.25) is 0 Å². The molecule has 0 saturated heterocycles. The number of hydrogen-bond acceptors (Lipinski definition) is 2. The van der Waals surface area contributed by atoms with Crippen LogP contribution in [0.15, 0.2) is 23.8 Å². The fourth-order valence-electron chi connectivity index (χ4n) is 2.23. The van der Waals surface area contributed by atoms with Gasteiger partial charge in [0.15, 0.2) is 5.78 Å². The summed E-state index contributed by atoms with van der Waals surface area (Å²) in [4.78, 5) is 12.6. The van der Waals surface area contributed by atoms with Gasteiger partial charge in [-0.2, -0.15) is 11.8 Å². The van der Waals surface area contributed by atoms with Gasteiger partial charge in [-0.15, -0.1) is 0 Å². The topological polar surface area (TPSA) is 17.1 Å². The molecule has 1 aromatic rings. The van der Waals surface area contributed by atoms with Crippen LogP contribution in [-0.2, 0) is 0 Å². The Morgan fingerprint density at radius 2 is 2.22 bits per heavy atom. The van der Waals surface area contributed by atoms with E-state index < -0.39 is 0 Å². The highest BCUT2D eigenvalue weighted by atomic mass is 32.2. The number of hydrogen-bond donors (Lipinski definition) is 0. The molecular formula is C16H18OS. The van der Waals surface area contributed by atoms with Gasteiger partial charge in [0.25, 0.3) is 0 Å². The second kappa shape index (κ2) is 5.63. The average molecular weight is 258 g/mol. The van der Waals surface area contributed by atoms with Crippen LogP contribution in [-0.4, -0.2) is 16.8 Å². The predicted octanol–water partition coefficient (Wildman–Crippen LogP) is 4.04. The maximum atomic E-state index is 12.6. The SMILES string of the molecule is CC/C1=C\C(C)SCC(C)c2c#cccc2C1=O. The Morgan fingerprint density at radius 1 is 1.44 bits per heavy atom. The molecule has 0 aromatic heterocycles. The summed E-state index contributed by atoms with van der Waals surface area (Å²) in [6, 6.07) is 9.78. The number of carbonyl (C=O) groups is 1.